The number of carbonyl (C=O) groups is 3. The smallest absolute Gasteiger partial charge is 0.481 e. The van der Waals surface area contributed by atoms with Crippen LogP contribution in [0.25, 0.3) is 0 Å². The minimum Gasteiger partial charge on any atom is -0.481 e. The van der Waals surface area contributed by atoms with Gasteiger partial charge >= 0.3 is 19.8 Å². The molecule has 0 aliphatic heterocycles. The van der Waals surface area contributed by atoms with Crippen LogP contribution in [0.2, 0.25) is 0 Å². The van der Waals surface area contributed by atoms with E-state index in [0.29, 0.717) is 0 Å². The van der Waals surface area contributed by atoms with Gasteiger partial charge in [-0.3, -0.25) is 23.8 Å². The molecule has 0 heterocycles. The molecular formula is C7H11O9P. The number of carbonyl (C=O) groups excluding carboxylic acids is 2. The molecular weight excluding hydrogens is 259 g/mol. The van der Waals surface area contributed by atoms with Crippen LogP contribution in [-0.4, -0.2) is 46.0 Å². The van der Waals surface area contributed by atoms with Crippen molar-refractivity contribution in [1.82, 2.24) is 0 Å². The first-order valence-electron chi connectivity index (χ1n) is 4.31. The zero-order valence-electron chi connectivity index (χ0n) is 8.57. The number of aliphatic hydroxyl groups excluding tert-OH is 1. The Morgan fingerprint density at radius 1 is 1.18 bits per heavy atom. The normalized spacial score (nSPS) is 13.8. The summed E-state index contributed by atoms with van der Waals surface area (Å²) in [6, 6.07) is 0. The van der Waals surface area contributed by atoms with Crippen LogP contribution in [0.4, 0.5) is 0 Å². The van der Waals surface area contributed by atoms with Gasteiger partial charge in [0.15, 0.2) is 5.78 Å². The van der Waals surface area contributed by atoms with E-state index in [-0.39, 0.29) is 0 Å². The third-order valence-electron chi connectivity index (χ3n) is 1.33. The summed E-state index contributed by atoms with van der Waals surface area (Å²) in [7, 11) is -4.75. The Hall–Kier alpha value is -1.28. The van der Waals surface area contributed by atoms with Crippen LogP contribution in [0, 0.1) is 0 Å². The van der Waals surface area contributed by atoms with Crippen molar-refractivity contribution >= 4 is 25.5 Å². The minimum absolute atomic E-state index is 0.561. The lowest BCUT2D eigenvalue weighted by atomic mass is 10.3. The second-order valence-corrected chi connectivity index (χ2v) is 4.17. The summed E-state index contributed by atoms with van der Waals surface area (Å²) >= 11 is 0. The van der Waals surface area contributed by atoms with E-state index in [1.54, 1.807) is 0 Å². The molecule has 0 fully saturated rings. The van der Waals surface area contributed by atoms with Gasteiger partial charge in [-0.2, -0.15) is 0 Å². The first-order valence-corrected chi connectivity index (χ1v) is 5.80. The van der Waals surface area contributed by atoms with E-state index in [4.69, 9.17) is 15.1 Å². The monoisotopic (exact) mass is 270 g/mol. The maximum atomic E-state index is 11.0. The molecule has 0 saturated carbocycles. The summed E-state index contributed by atoms with van der Waals surface area (Å²) in [6.07, 6.45) is -1.16. The topological polar surface area (TPSA) is 147 Å². The molecule has 3 N–H and O–H groups in total. The van der Waals surface area contributed by atoms with E-state index in [0.717, 1.165) is 0 Å². The van der Waals surface area contributed by atoms with Crippen LogP contribution in [0.3, 0.4) is 0 Å². The number of Topliss-reactive ketones (excluding diaryl/α,β-unsaturated/α-hetero) is 1. The predicted molar refractivity (Wildman–Crippen MR) is 50.8 cm³/mol. The molecule has 0 aromatic carbocycles. The SMILES string of the molecule is O=C(O)CCC(=O)OP(=O)(O)OCC(=O)CO. The molecule has 0 aliphatic carbocycles. The Labute approximate surface area is 95.6 Å². The molecule has 0 radical (unpaired) electrons. The predicted octanol–water partition coefficient (Wildman–Crippen LogP) is -0.927. The third-order valence-corrected chi connectivity index (χ3v) is 2.21. The zero-order chi connectivity index (χ0) is 13.5. The van der Waals surface area contributed by atoms with Crippen molar-refractivity contribution in [1.29, 1.82) is 0 Å². The quantitative estimate of drug-likeness (QED) is 0.475. The fourth-order valence-corrected chi connectivity index (χ4v) is 1.32. The maximum Gasteiger partial charge on any atom is 0.530 e. The van der Waals surface area contributed by atoms with E-state index in [1.807, 2.05) is 0 Å². The van der Waals surface area contributed by atoms with Gasteiger partial charge in [-0.25, -0.2) is 4.57 Å². The van der Waals surface area contributed by atoms with Crippen LogP contribution >= 0.6 is 7.82 Å². The number of ketones is 1. The van der Waals surface area contributed by atoms with Crippen molar-refractivity contribution in [2.24, 2.45) is 0 Å². The van der Waals surface area contributed by atoms with Crippen molar-refractivity contribution in [2.45, 2.75) is 12.8 Å². The average molecular weight is 270 g/mol. The number of aliphatic hydroxyl groups is 1. The highest BCUT2D eigenvalue weighted by Crippen LogP contribution is 2.43. The first kappa shape index (κ1) is 15.7. The van der Waals surface area contributed by atoms with Crippen molar-refractivity contribution in [3.05, 3.63) is 0 Å². The Morgan fingerprint density at radius 3 is 2.24 bits per heavy atom. The number of rotatable bonds is 8. The van der Waals surface area contributed by atoms with E-state index < -0.39 is 51.6 Å². The van der Waals surface area contributed by atoms with Crippen molar-refractivity contribution in [3.63, 3.8) is 0 Å². The highest BCUT2D eigenvalue weighted by Gasteiger charge is 2.27. The fraction of sp³-hybridized carbons (Fsp3) is 0.571. The Bertz CT molecular complexity index is 349. The molecule has 0 bridgehead atoms. The van der Waals surface area contributed by atoms with Crippen LogP contribution in [0.15, 0.2) is 0 Å². The summed E-state index contributed by atoms with van der Waals surface area (Å²) < 4.78 is 19.0. The summed E-state index contributed by atoms with van der Waals surface area (Å²) in [6.45, 7) is -1.77. The summed E-state index contributed by atoms with van der Waals surface area (Å²) in [5, 5.41) is 16.5. The highest BCUT2D eigenvalue weighted by atomic mass is 31.2. The zero-order valence-corrected chi connectivity index (χ0v) is 9.46. The largest absolute Gasteiger partial charge is 0.530 e. The molecule has 1 unspecified atom stereocenters. The maximum absolute atomic E-state index is 11.0. The molecule has 0 aromatic heterocycles. The highest BCUT2D eigenvalue weighted by molar-refractivity contribution is 7.48. The van der Waals surface area contributed by atoms with Gasteiger partial charge in [-0.05, 0) is 0 Å². The van der Waals surface area contributed by atoms with Crippen LogP contribution in [-0.2, 0) is 28.0 Å². The van der Waals surface area contributed by atoms with Crippen LogP contribution in [0.5, 0.6) is 0 Å². The summed E-state index contributed by atoms with van der Waals surface area (Å²) in [4.78, 5) is 40.4. The number of phosphoric acid groups is 1. The number of hydrogen-bond donors (Lipinski definition) is 3. The number of carboxylic acids is 1. The molecule has 10 heteroatoms. The van der Waals surface area contributed by atoms with Crippen molar-refractivity contribution in [3.8, 4) is 0 Å². The van der Waals surface area contributed by atoms with E-state index >= 15 is 0 Å². The molecule has 0 aliphatic rings. The lowest BCUT2D eigenvalue weighted by molar-refractivity contribution is -0.143. The van der Waals surface area contributed by atoms with Gasteiger partial charge in [-0.15, -0.1) is 0 Å². The van der Waals surface area contributed by atoms with Crippen LogP contribution < -0.4 is 0 Å². The van der Waals surface area contributed by atoms with Crippen molar-refractivity contribution < 1.29 is 43.1 Å². The van der Waals surface area contributed by atoms with Gasteiger partial charge in [0.05, 0.1) is 12.8 Å². The summed E-state index contributed by atoms with van der Waals surface area (Å²) in [5.41, 5.74) is 0. The molecule has 0 saturated heterocycles. The number of phosphoric ester groups is 1. The van der Waals surface area contributed by atoms with Gasteiger partial charge in [0.2, 0.25) is 0 Å². The third kappa shape index (κ3) is 8.52. The molecule has 17 heavy (non-hydrogen) atoms. The van der Waals surface area contributed by atoms with Gasteiger partial charge in [0.1, 0.15) is 13.2 Å². The van der Waals surface area contributed by atoms with Gasteiger partial charge in [-0.1, -0.05) is 0 Å². The Balaban J connectivity index is 4.07. The molecule has 9 nitrogen and oxygen atoms in total. The standard InChI is InChI=1S/C7H11O9P/c8-3-5(9)4-15-17(13,14)16-7(12)2-1-6(10)11/h8H,1-4H2,(H,10,11)(H,13,14). The molecule has 0 amide bonds. The second kappa shape index (κ2) is 7.13. The van der Waals surface area contributed by atoms with Crippen LogP contribution in [0.1, 0.15) is 12.8 Å². The minimum atomic E-state index is -4.75. The lowest BCUT2D eigenvalue weighted by Crippen LogP contribution is -2.13. The second-order valence-electron chi connectivity index (χ2n) is 2.80. The van der Waals surface area contributed by atoms with E-state index in [2.05, 4.69) is 9.05 Å². The van der Waals surface area contributed by atoms with Gasteiger partial charge < -0.3 is 14.7 Å². The Kier molecular flexibility index (Phi) is 6.59. The molecule has 1 atom stereocenters. The Morgan fingerprint density at radius 2 is 1.76 bits per heavy atom. The number of carboxylic acid groups (broad SMARTS) is 1. The number of hydrogen-bond acceptors (Lipinski definition) is 7. The van der Waals surface area contributed by atoms with Gasteiger partial charge in [0.25, 0.3) is 0 Å². The van der Waals surface area contributed by atoms with E-state index in [9.17, 15) is 18.9 Å². The first-order chi connectivity index (χ1) is 7.76. The fourth-order valence-electron chi connectivity index (χ4n) is 0.609. The summed E-state index contributed by atoms with van der Waals surface area (Å²) in [5.74, 6) is -3.39. The number of aliphatic carboxylic acids is 1. The molecule has 0 rings (SSSR count). The molecule has 0 aromatic rings. The van der Waals surface area contributed by atoms with E-state index in [1.165, 1.54) is 0 Å². The molecule has 0 spiro atoms. The molecule has 98 valence electrons. The van der Waals surface area contributed by atoms with Crippen molar-refractivity contribution in [2.75, 3.05) is 13.2 Å². The average Bonchev–Trinajstić information content (AvgIpc) is 2.22. The van der Waals surface area contributed by atoms with Gasteiger partial charge in [0, 0.05) is 0 Å². The lowest BCUT2D eigenvalue weighted by Gasteiger charge is -2.10.